The third kappa shape index (κ3) is 2.18. The molecule has 18 heavy (non-hydrogen) atoms. The van der Waals surface area contributed by atoms with Crippen molar-refractivity contribution in [2.24, 2.45) is 0 Å². The molecule has 2 heterocycles. The Kier molecular flexibility index (Phi) is 3.02. The summed E-state index contributed by atoms with van der Waals surface area (Å²) in [6, 6.07) is 1.26. The molecule has 2 aromatic heterocycles. The predicted molar refractivity (Wildman–Crippen MR) is 62.4 cm³/mol. The highest BCUT2D eigenvalue weighted by Crippen LogP contribution is 2.25. The highest BCUT2D eigenvalue weighted by Gasteiger charge is 2.20. The number of halogens is 1. The summed E-state index contributed by atoms with van der Waals surface area (Å²) in [5.41, 5.74) is -0.281. The predicted octanol–water partition coefficient (Wildman–Crippen LogP) is 1.85. The van der Waals surface area contributed by atoms with Crippen LogP contribution in [-0.2, 0) is 0 Å². The summed E-state index contributed by atoms with van der Waals surface area (Å²) >= 11 is 3.07. The van der Waals surface area contributed by atoms with Crippen LogP contribution in [0.25, 0.3) is 5.82 Å². The molecule has 2 rings (SSSR count). The van der Waals surface area contributed by atoms with Crippen molar-refractivity contribution in [1.82, 2.24) is 14.5 Å². The van der Waals surface area contributed by atoms with Crippen LogP contribution in [0.4, 0.5) is 11.5 Å². The summed E-state index contributed by atoms with van der Waals surface area (Å²) in [4.78, 5) is 27.4. The number of rotatable bonds is 3. The largest absolute Gasteiger partial charge is 0.381 e. The molecule has 92 valence electrons. The van der Waals surface area contributed by atoms with E-state index in [1.807, 2.05) is 0 Å². The highest BCUT2D eigenvalue weighted by molar-refractivity contribution is 9.10. The Morgan fingerprint density at radius 3 is 2.50 bits per heavy atom. The normalized spacial score (nSPS) is 10.3. The molecule has 0 unspecified atom stereocenters. The number of nitro groups is 2. The first-order valence-electron chi connectivity index (χ1n) is 4.47. The van der Waals surface area contributed by atoms with E-state index in [-0.39, 0.29) is 11.5 Å². The molecular weight excluding hydrogens is 310 g/mol. The van der Waals surface area contributed by atoms with E-state index in [4.69, 9.17) is 0 Å². The van der Waals surface area contributed by atoms with Crippen LogP contribution in [-0.4, -0.2) is 24.4 Å². The summed E-state index contributed by atoms with van der Waals surface area (Å²) in [7, 11) is 0. The van der Waals surface area contributed by atoms with Gasteiger partial charge >= 0.3 is 11.5 Å². The van der Waals surface area contributed by atoms with Gasteiger partial charge in [-0.05, 0) is 25.8 Å². The van der Waals surface area contributed by atoms with Gasteiger partial charge in [0.15, 0.2) is 0 Å². The quantitative estimate of drug-likeness (QED) is 0.630. The minimum Gasteiger partial charge on any atom is -0.358 e. The maximum atomic E-state index is 10.9. The summed E-state index contributed by atoms with van der Waals surface area (Å²) < 4.78 is 1.57. The second kappa shape index (κ2) is 4.49. The number of aromatic nitrogens is 3. The van der Waals surface area contributed by atoms with Gasteiger partial charge in [-0.25, -0.2) is 4.98 Å². The van der Waals surface area contributed by atoms with Crippen molar-refractivity contribution >= 4 is 27.4 Å². The fourth-order valence-electron chi connectivity index (χ4n) is 1.28. The Morgan fingerprint density at radius 2 is 1.94 bits per heavy atom. The van der Waals surface area contributed by atoms with Crippen LogP contribution in [0.15, 0.2) is 29.3 Å². The topological polar surface area (TPSA) is 117 Å². The lowest BCUT2D eigenvalue weighted by Gasteiger charge is -2.00. The number of nitrogens with zero attached hydrogens (tertiary/aromatic N) is 5. The van der Waals surface area contributed by atoms with Gasteiger partial charge in [0.1, 0.15) is 6.20 Å². The van der Waals surface area contributed by atoms with Gasteiger partial charge in [0.05, 0.1) is 4.92 Å². The van der Waals surface area contributed by atoms with Gasteiger partial charge in [0.2, 0.25) is 12.1 Å². The summed E-state index contributed by atoms with van der Waals surface area (Å²) in [5.74, 6) is -0.446. The van der Waals surface area contributed by atoms with E-state index in [0.29, 0.717) is 4.47 Å². The average molecular weight is 314 g/mol. The van der Waals surface area contributed by atoms with Crippen molar-refractivity contribution in [3.63, 3.8) is 0 Å². The summed E-state index contributed by atoms with van der Waals surface area (Å²) in [5, 5.41) is 21.4. The van der Waals surface area contributed by atoms with E-state index in [9.17, 15) is 20.2 Å². The van der Waals surface area contributed by atoms with Crippen molar-refractivity contribution in [3.05, 3.63) is 49.5 Å². The first kappa shape index (κ1) is 12.1. The van der Waals surface area contributed by atoms with Gasteiger partial charge in [0, 0.05) is 16.7 Å². The van der Waals surface area contributed by atoms with Gasteiger partial charge in [-0.3, -0.25) is 14.7 Å². The molecule has 0 aliphatic carbocycles. The first-order valence-corrected chi connectivity index (χ1v) is 5.27. The minimum absolute atomic E-state index is 0.0381. The third-order valence-corrected chi connectivity index (χ3v) is 2.44. The molecule has 0 N–H and O–H groups in total. The van der Waals surface area contributed by atoms with E-state index in [1.165, 1.54) is 12.3 Å². The molecule has 9 nitrogen and oxygen atoms in total. The van der Waals surface area contributed by atoms with Gasteiger partial charge in [0.25, 0.3) is 0 Å². The van der Waals surface area contributed by atoms with Crippen LogP contribution < -0.4 is 0 Å². The molecule has 0 saturated carbocycles. The monoisotopic (exact) mass is 313 g/mol. The van der Waals surface area contributed by atoms with E-state index in [0.717, 1.165) is 17.1 Å². The third-order valence-electron chi connectivity index (χ3n) is 2.01. The van der Waals surface area contributed by atoms with E-state index in [1.54, 1.807) is 0 Å². The van der Waals surface area contributed by atoms with Gasteiger partial charge in [-0.1, -0.05) is 0 Å². The van der Waals surface area contributed by atoms with Crippen molar-refractivity contribution in [2.45, 2.75) is 0 Å². The molecular formula is C8H4BrN5O4. The number of pyridine rings is 1. The second-order valence-corrected chi connectivity index (χ2v) is 4.07. The molecule has 0 spiro atoms. The van der Waals surface area contributed by atoms with E-state index in [2.05, 4.69) is 25.9 Å². The fourth-order valence-corrected chi connectivity index (χ4v) is 1.60. The van der Waals surface area contributed by atoms with Gasteiger partial charge in [-0.15, -0.1) is 0 Å². The Balaban J connectivity index is 2.55. The van der Waals surface area contributed by atoms with Gasteiger partial charge in [-0.2, -0.15) is 0 Å². The van der Waals surface area contributed by atoms with Crippen LogP contribution in [0, 0.1) is 20.2 Å². The molecule has 0 saturated heterocycles. The Bertz CT molecular complexity index is 640. The molecule has 10 heteroatoms. The zero-order chi connectivity index (χ0) is 13.3. The molecule has 0 fully saturated rings. The molecule has 0 aliphatic heterocycles. The fraction of sp³-hybridized carbons (Fsp3) is 0. The number of hydrogen-bond acceptors (Lipinski definition) is 6. The van der Waals surface area contributed by atoms with Crippen LogP contribution in [0.2, 0.25) is 0 Å². The van der Waals surface area contributed by atoms with E-state index < -0.39 is 15.7 Å². The molecule has 0 atom stereocenters. The lowest BCUT2D eigenvalue weighted by molar-refractivity contribution is -0.389. The average Bonchev–Trinajstić information content (AvgIpc) is 2.78. The SMILES string of the molecule is O=[N+]([O-])c1cn(-c2ncc(Br)cc2[N+](=O)[O-])cn1. The van der Waals surface area contributed by atoms with Crippen LogP contribution >= 0.6 is 15.9 Å². The van der Waals surface area contributed by atoms with Crippen LogP contribution in [0.3, 0.4) is 0 Å². The lowest BCUT2D eigenvalue weighted by Crippen LogP contribution is -2.01. The van der Waals surface area contributed by atoms with Crippen LogP contribution in [0.5, 0.6) is 0 Å². The Hall–Kier alpha value is -2.36. The molecule has 0 amide bonds. The molecule has 2 aromatic rings. The highest BCUT2D eigenvalue weighted by atomic mass is 79.9. The standard InChI is InChI=1S/C8H4BrN5O4/c9-5-1-6(13(15)16)8(10-2-5)12-3-7(11-4-12)14(17)18/h1-4H. The Labute approximate surface area is 108 Å². The van der Waals surface area contributed by atoms with Crippen molar-refractivity contribution in [3.8, 4) is 5.82 Å². The van der Waals surface area contributed by atoms with Crippen molar-refractivity contribution in [2.75, 3.05) is 0 Å². The van der Waals surface area contributed by atoms with Gasteiger partial charge < -0.3 is 10.1 Å². The maximum absolute atomic E-state index is 10.9. The molecule has 0 aliphatic rings. The smallest absolute Gasteiger partial charge is 0.358 e. The van der Waals surface area contributed by atoms with Crippen molar-refractivity contribution in [1.29, 1.82) is 0 Å². The number of hydrogen-bond donors (Lipinski definition) is 0. The zero-order valence-corrected chi connectivity index (χ0v) is 10.1. The molecule has 0 aromatic carbocycles. The minimum atomic E-state index is -0.693. The maximum Gasteiger partial charge on any atom is 0.381 e. The van der Waals surface area contributed by atoms with Crippen LogP contribution in [0.1, 0.15) is 0 Å². The second-order valence-electron chi connectivity index (χ2n) is 3.15. The van der Waals surface area contributed by atoms with E-state index >= 15 is 0 Å². The number of imidazole rings is 1. The summed E-state index contributed by atoms with van der Waals surface area (Å²) in [6.45, 7) is 0. The molecule has 0 radical (unpaired) electrons. The summed E-state index contributed by atoms with van der Waals surface area (Å²) in [6.07, 6.45) is 3.51. The van der Waals surface area contributed by atoms with Crippen molar-refractivity contribution < 1.29 is 9.85 Å². The molecule has 0 bridgehead atoms. The first-order chi connectivity index (χ1) is 8.49. The zero-order valence-electron chi connectivity index (χ0n) is 8.56. The Morgan fingerprint density at radius 1 is 1.22 bits per heavy atom. The lowest BCUT2D eigenvalue weighted by atomic mass is 10.4.